The molecule has 1 fully saturated rings. The predicted molar refractivity (Wildman–Crippen MR) is 122 cm³/mol. The fraction of sp³-hybridized carbons (Fsp3) is 0.333. The van der Waals surface area contributed by atoms with Crippen LogP contribution in [-0.2, 0) is 0 Å². The number of aromatic nitrogens is 2. The second-order valence-electron chi connectivity index (χ2n) is 7.95. The minimum atomic E-state index is 0.0359. The van der Waals surface area contributed by atoms with Crippen LogP contribution in [0.25, 0.3) is 26.4 Å². The van der Waals surface area contributed by atoms with Gasteiger partial charge in [-0.3, -0.25) is 9.20 Å². The van der Waals surface area contributed by atoms with Crippen molar-refractivity contribution in [3.8, 4) is 17.0 Å². The van der Waals surface area contributed by atoms with E-state index in [4.69, 9.17) is 9.72 Å². The number of nitrogens with one attached hydrogen (secondary N) is 1. The Kier molecular flexibility index (Phi) is 5.17. The number of carbonyl (C=O) groups is 1. The maximum absolute atomic E-state index is 12.8. The molecular formula is C24H25N3O2S. The molecular weight excluding hydrogens is 394 g/mol. The Labute approximate surface area is 179 Å². The summed E-state index contributed by atoms with van der Waals surface area (Å²) < 4.78 is 8.41. The lowest BCUT2D eigenvalue weighted by Gasteiger charge is -2.16. The zero-order chi connectivity index (χ0) is 20.5. The van der Waals surface area contributed by atoms with Crippen molar-refractivity contribution in [2.24, 2.45) is 0 Å². The summed E-state index contributed by atoms with van der Waals surface area (Å²) in [6, 6.07) is 14.2. The Hall–Kier alpha value is -2.86. The van der Waals surface area contributed by atoms with E-state index in [1.807, 2.05) is 42.5 Å². The number of fused-ring (bicyclic) bond motifs is 3. The molecule has 30 heavy (non-hydrogen) atoms. The molecule has 1 aliphatic rings. The highest BCUT2D eigenvalue weighted by Gasteiger charge is 2.17. The van der Waals surface area contributed by atoms with Crippen molar-refractivity contribution in [2.75, 3.05) is 7.11 Å². The number of carbonyl (C=O) groups excluding carboxylic acids is 1. The van der Waals surface area contributed by atoms with Gasteiger partial charge < -0.3 is 10.1 Å². The molecule has 1 amide bonds. The molecule has 0 radical (unpaired) electrons. The van der Waals surface area contributed by atoms with Gasteiger partial charge in [0.2, 0.25) is 0 Å². The van der Waals surface area contributed by atoms with Gasteiger partial charge in [-0.05, 0) is 55.3 Å². The van der Waals surface area contributed by atoms with Crippen LogP contribution in [0.1, 0.15) is 48.9 Å². The lowest BCUT2D eigenvalue weighted by molar-refractivity contribution is 0.0933. The van der Waals surface area contributed by atoms with E-state index in [0.717, 1.165) is 50.6 Å². The first-order valence-electron chi connectivity index (χ1n) is 10.6. The molecule has 0 saturated heterocycles. The van der Waals surface area contributed by atoms with Crippen LogP contribution in [0.15, 0.2) is 48.7 Å². The third kappa shape index (κ3) is 3.67. The quantitative estimate of drug-likeness (QED) is 0.433. The maximum Gasteiger partial charge on any atom is 0.251 e. The van der Waals surface area contributed by atoms with Crippen molar-refractivity contribution >= 4 is 32.4 Å². The Balaban J connectivity index is 1.40. The number of methoxy groups -OCH3 is 1. The first-order valence-corrected chi connectivity index (χ1v) is 11.4. The smallest absolute Gasteiger partial charge is 0.251 e. The average Bonchev–Trinajstić information content (AvgIpc) is 3.22. The highest BCUT2D eigenvalue weighted by molar-refractivity contribution is 7.23. The molecule has 2 aromatic heterocycles. The van der Waals surface area contributed by atoms with Crippen LogP contribution in [0, 0.1) is 0 Å². The molecule has 2 heterocycles. The molecule has 1 aliphatic carbocycles. The zero-order valence-corrected chi connectivity index (χ0v) is 17.9. The normalized spacial score (nSPS) is 15.4. The van der Waals surface area contributed by atoms with Crippen LogP contribution in [0.4, 0.5) is 0 Å². The van der Waals surface area contributed by atoms with Crippen LogP contribution in [0.2, 0.25) is 0 Å². The van der Waals surface area contributed by atoms with Crippen LogP contribution < -0.4 is 10.1 Å². The third-order valence-corrected chi connectivity index (χ3v) is 6.95. The van der Waals surface area contributed by atoms with Crippen LogP contribution in [-0.4, -0.2) is 28.4 Å². The summed E-state index contributed by atoms with van der Waals surface area (Å²) >= 11 is 1.61. The number of imidazole rings is 1. The average molecular weight is 420 g/mol. The molecule has 0 atom stereocenters. The highest BCUT2D eigenvalue weighted by atomic mass is 32.1. The molecule has 154 valence electrons. The van der Waals surface area contributed by atoms with Crippen molar-refractivity contribution in [2.45, 2.75) is 44.6 Å². The molecule has 4 aromatic rings. The van der Waals surface area contributed by atoms with Gasteiger partial charge in [0.15, 0.2) is 4.96 Å². The minimum absolute atomic E-state index is 0.0359. The van der Waals surface area contributed by atoms with E-state index in [9.17, 15) is 4.79 Å². The second-order valence-corrected chi connectivity index (χ2v) is 8.96. The summed E-state index contributed by atoms with van der Waals surface area (Å²) in [6.45, 7) is 0. The largest absolute Gasteiger partial charge is 0.497 e. The molecule has 2 aromatic carbocycles. The minimum Gasteiger partial charge on any atom is -0.497 e. The number of nitrogens with zero attached hydrogens (tertiary/aromatic N) is 2. The molecule has 0 unspecified atom stereocenters. The number of ether oxygens (including phenoxy) is 1. The first-order chi connectivity index (χ1) is 14.7. The fourth-order valence-electron chi connectivity index (χ4n) is 4.24. The molecule has 6 heteroatoms. The molecule has 5 nitrogen and oxygen atoms in total. The van der Waals surface area contributed by atoms with E-state index in [1.165, 1.54) is 25.7 Å². The summed E-state index contributed by atoms with van der Waals surface area (Å²) in [5, 5.41) is 3.24. The predicted octanol–water partition coefficient (Wildman–Crippen LogP) is 5.68. The summed E-state index contributed by atoms with van der Waals surface area (Å²) in [7, 11) is 1.67. The van der Waals surface area contributed by atoms with Crippen molar-refractivity contribution in [1.82, 2.24) is 14.7 Å². The number of hydrogen-bond acceptors (Lipinski definition) is 4. The van der Waals surface area contributed by atoms with Gasteiger partial charge in [0.05, 0.1) is 23.0 Å². The SMILES string of the molecule is COc1ccc(-c2cn3c(n2)sc2cc(C(=O)NC4CCCCCC4)ccc23)cc1. The zero-order valence-electron chi connectivity index (χ0n) is 17.1. The topological polar surface area (TPSA) is 55.6 Å². The Bertz CT molecular complexity index is 1180. The monoisotopic (exact) mass is 419 g/mol. The van der Waals surface area contributed by atoms with Crippen molar-refractivity contribution < 1.29 is 9.53 Å². The number of thiazole rings is 1. The molecule has 5 rings (SSSR count). The highest BCUT2D eigenvalue weighted by Crippen LogP contribution is 2.31. The van der Waals surface area contributed by atoms with Crippen molar-refractivity contribution in [3.63, 3.8) is 0 Å². The number of hydrogen-bond donors (Lipinski definition) is 1. The number of benzene rings is 2. The van der Waals surface area contributed by atoms with Gasteiger partial charge in [-0.15, -0.1) is 0 Å². The van der Waals surface area contributed by atoms with E-state index in [2.05, 4.69) is 15.9 Å². The summed E-state index contributed by atoms with van der Waals surface area (Å²) in [4.78, 5) is 18.5. The Morgan fingerprint density at radius 2 is 1.87 bits per heavy atom. The fourth-order valence-corrected chi connectivity index (χ4v) is 5.28. The third-order valence-electron chi connectivity index (χ3n) is 5.93. The summed E-state index contributed by atoms with van der Waals surface area (Å²) in [5.41, 5.74) is 3.79. The molecule has 1 N–H and O–H groups in total. The maximum atomic E-state index is 12.8. The standard InChI is InChI=1S/C24H25N3O2S/c1-29-19-11-8-16(9-12-19)20-15-27-21-13-10-17(14-22(21)30-24(27)26-20)23(28)25-18-6-4-2-3-5-7-18/h8-15,18H,2-7H2,1H3,(H,25,28). The van der Waals surface area contributed by atoms with E-state index in [-0.39, 0.29) is 5.91 Å². The first kappa shape index (κ1) is 19.1. The van der Waals surface area contributed by atoms with Crippen molar-refractivity contribution in [3.05, 3.63) is 54.2 Å². The van der Waals surface area contributed by atoms with E-state index in [0.29, 0.717) is 6.04 Å². The van der Waals surface area contributed by atoms with E-state index in [1.54, 1.807) is 18.4 Å². The van der Waals surface area contributed by atoms with Gasteiger partial charge >= 0.3 is 0 Å². The number of rotatable bonds is 4. The summed E-state index contributed by atoms with van der Waals surface area (Å²) in [5.74, 6) is 0.869. The molecule has 1 saturated carbocycles. The van der Waals surface area contributed by atoms with Gasteiger partial charge in [0.1, 0.15) is 5.75 Å². The summed E-state index contributed by atoms with van der Waals surface area (Å²) in [6.07, 6.45) is 9.23. The van der Waals surface area contributed by atoms with Crippen LogP contribution >= 0.6 is 11.3 Å². The number of amides is 1. The molecule has 0 spiro atoms. The Morgan fingerprint density at radius 3 is 2.60 bits per heavy atom. The molecule has 0 bridgehead atoms. The van der Waals surface area contributed by atoms with Crippen LogP contribution in [0.3, 0.4) is 0 Å². The van der Waals surface area contributed by atoms with E-state index >= 15 is 0 Å². The lowest BCUT2D eigenvalue weighted by Crippen LogP contribution is -2.34. The van der Waals surface area contributed by atoms with E-state index < -0.39 is 0 Å². The van der Waals surface area contributed by atoms with Crippen molar-refractivity contribution in [1.29, 1.82) is 0 Å². The second kappa shape index (κ2) is 8.11. The van der Waals surface area contributed by atoms with Gasteiger partial charge in [-0.1, -0.05) is 37.0 Å². The van der Waals surface area contributed by atoms with Gasteiger partial charge in [-0.25, -0.2) is 4.98 Å². The molecule has 0 aliphatic heterocycles. The van der Waals surface area contributed by atoms with Gasteiger partial charge in [-0.2, -0.15) is 0 Å². The van der Waals surface area contributed by atoms with Gasteiger partial charge in [0.25, 0.3) is 5.91 Å². The Morgan fingerprint density at radius 1 is 1.10 bits per heavy atom. The van der Waals surface area contributed by atoms with Crippen LogP contribution in [0.5, 0.6) is 5.75 Å². The van der Waals surface area contributed by atoms with Gasteiger partial charge in [0, 0.05) is 23.4 Å². The lowest BCUT2D eigenvalue weighted by atomic mass is 10.1.